The van der Waals surface area contributed by atoms with Crippen molar-refractivity contribution in [2.45, 2.75) is 17.7 Å². The van der Waals surface area contributed by atoms with E-state index in [4.69, 9.17) is 0 Å². The van der Waals surface area contributed by atoms with Crippen molar-refractivity contribution in [1.82, 2.24) is 4.98 Å². The zero-order valence-electron chi connectivity index (χ0n) is 17.1. The average Bonchev–Trinajstić information content (AvgIpc) is 2.75. The molecule has 4 rings (SSSR count). The molecule has 0 aliphatic rings. The van der Waals surface area contributed by atoms with Crippen molar-refractivity contribution in [3.63, 3.8) is 0 Å². The molecule has 1 aromatic heterocycles. The second-order valence-corrected chi connectivity index (χ2v) is 9.50. The molecule has 4 nitrogen and oxygen atoms in total. The maximum Gasteiger partial charge on any atom is 0.251 e. The molecular weight excluding hydrogens is 406 g/mol. The Morgan fingerprint density at radius 1 is 0.871 bits per heavy atom. The molecular formula is C26H21NO3S. The highest BCUT2D eigenvalue weighted by atomic mass is 32.2. The third-order valence-corrected chi connectivity index (χ3v) is 6.16. The summed E-state index contributed by atoms with van der Waals surface area (Å²) in [6, 6.07) is 24.3. The fourth-order valence-corrected chi connectivity index (χ4v) is 4.01. The number of rotatable bonds is 4. The molecule has 3 aromatic carbocycles. The molecule has 0 spiro atoms. The van der Waals surface area contributed by atoms with Crippen LogP contribution in [-0.4, -0.2) is 19.7 Å². The van der Waals surface area contributed by atoms with Gasteiger partial charge in [-0.2, -0.15) is 0 Å². The molecule has 31 heavy (non-hydrogen) atoms. The van der Waals surface area contributed by atoms with Gasteiger partial charge in [0.1, 0.15) is 0 Å². The molecule has 0 amide bonds. The summed E-state index contributed by atoms with van der Waals surface area (Å²) in [5, 5.41) is 0.940. The summed E-state index contributed by atoms with van der Waals surface area (Å²) in [7, 11) is -3.19. The molecule has 0 fully saturated rings. The predicted octanol–water partition coefficient (Wildman–Crippen LogP) is 4.12. The molecule has 0 saturated carbocycles. The Hall–Kier alpha value is -3.62. The maximum atomic E-state index is 12.4. The van der Waals surface area contributed by atoms with E-state index in [1.165, 1.54) is 6.26 Å². The van der Waals surface area contributed by atoms with Crippen molar-refractivity contribution in [2.75, 3.05) is 6.26 Å². The predicted molar refractivity (Wildman–Crippen MR) is 124 cm³/mol. The number of aromatic nitrogens is 1. The van der Waals surface area contributed by atoms with Gasteiger partial charge in [-0.1, -0.05) is 54.3 Å². The first-order valence-electron chi connectivity index (χ1n) is 9.86. The minimum absolute atomic E-state index is 0.0762. The van der Waals surface area contributed by atoms with Crippen molar-refractivity contribution < 1.29 is 8.42 Å². The van der Waals surface area contributed by atoms with Gasteiger partial charge < -0.3 is 4.98 Å². The summed E-state index contributed by atoms with van der Waals surface area (Å²) in [5.74, 6) is 6.29. The summed E-state index contributed by atoms with van der Waals surface area (Å²) in [4.78, 5) is 15.7. The number of aromatic amines is 1. The Bertz CT molecular complexity index is 1460. The summed E-state index contributed by atoms with van der Waals surface area (Å²) in [6.07, 6.45) is 2.29. The van der Waals surface area contributed by atoms with Gasteiger partial charge in [-0.05, 0) is 52.9 Å². The van der Waals surface area contributed by atoms with Crippen LogP contribution < -0.4 is 5.56 Å². The highest BCUT2D eigenvalue weighted by Gasteiger charge is 2.06. The van der Waals surface area contributed by atoms with Crippen molar-refractivity contribution in [1.29, 1.82) is 0 Å². The molecule has 0 atom stereocenters. The van der Waals surface area contributed by atoms with Gasteiger partial charge in [0, 0.05) is 35.7 Å². The summed E-state index contributed by atoms with van der Waals surface area (Å²) in [6.45, 7) is 0. The van der Waals surface area contributed by atoms with Crippen molar-refractivity contribution in [3.05, 3.63) is 111 Å². The van der Waals surface area contributed by atoms with Crippen LogP contribution in [-0.2, 0) is 22.7 Å². The number of benzene rings is 3. The lowest BCUT2D eigenvalue weighted by atomic mass is 10.0. The third kappa shape index (κ3) is 5.11. The normalized spacial score (nSPS) is 11.1. The Labute approximate surface area is 181 Å². The molecule has 5 heteroatoms. The van der Waals surface area contributed by atoms with Crippen LogP contribution in [0.25, 0.3) is 10.9 Å². The lowest BCUT2D eigenvalue weighted by Crippen LogP contribution is -2.12. The zero-order chi connectivity index (χ0) is 21.8. The van der Waals surface area contributed by atoms with Crippen LogP contribution in [0.2, 0.25) is 0 Å². The van der Waals surface area contributed by atoms with Gasteiger partial charge in [0.2, 0.25) is 0 Å². The van der Waals surface area contributed by atoms with E-state index >= 15 is 0 Å². The topological polar surface area (TPSA) is 67.0 Å². The van der Waals surface area contributed by atoms with E-state index < -0.39 is 9.84 Å². The van der Waals surface area contributed by atoms with Crippen LogP contribution in [0.1, 0.15) is 22.3 Å². The Kier molecular flexibility index (Phi) is 5.75. The molecule has 1 N–H and O–H groups in total. The number of hydrogen-bond acceptors (Lipinski definition) is 3. The van der Waals surface area contributed by atoms with E-state index in [0.29, 0.717) is 17.7 Å². The lowest BCUT2D eigenvalue weighted by Gasteiger charge is -2.04. The van der Waals surface area contributed by atoms with Gasteiger partial charge in [0.25, 0.3) is 5.56 Å². The average molecular weight is 428 g/mol. The van der Waals surface area contributed by atoms with Gasteiger partial charge in [0.15, 0.2) is 9.84 Å². The second-order valence-electron chi connectivity index (χ2n) is 7.48. The number of sulfone groups is 1. The molecule has 0 aliphatic carbocycles. The van der Waals surface area contributed by atoms with E-state index in [-0.39, 0.29) is 5.56 Å². The Balaban J connectivity index is 1.55. The van der Waals surface area contributed by atoms with Gasteiger partial charge in [-0.25, -0.2) is 8.42 Å². The molecule has 4 aromatic rings. The van der Waals surface area contributed by atoms with Gasteiger partial charge in [0.05, 0.1) is 4.90 Å². The van der Waals surface area contributed by atoms with Crippen molar-refractivity contribution in [2.24, 2.45) is 0 Å². The first-order chi connectivity index (χ1) is 14.9. The fourth-order valence-electron chi connectivity index (χ4n) is 3.38. The van der Waals surface area contributed by atoms with Crippen LogP contribution in [0.3, 0.4) is 0 Å². The Morgan fingerprint density at radius 3 is 2.32 bits per heavy atom. The van der Waals surface area contributed by atoms with Gasteiger partial charge >= 0.3 is 0 Å². The summed E-state index contributed by atoms with van der Waals surface area (Å²) < 4.78 is 23.1. The molecule has 0 bridgehead atoms. The van der Waals surface area contributed by atoms with E-state index in [1.807, 2.05) is 54.6 Å². The maximum absolute atomic E-state index is 12.4. The first kappa shape index (κ1) is 20.6. The molecule has 0 unspecified atom stereocenters. The molecule has 0 aliphatic heterocycles. The fraction of sp³-hybridized carbons (Fsp3) is 0.115. The minimum Gasteiger partial charge on any atom is -0.322 e. The van der Waals surface area contributed by atoms with E-state index in [0.717, 1.165) is 33.2 Å². The monoisotopic (exact) mass is 427 g/mol. The SMILES string of the molecule is CS(=O)(=O)c1ccc(CC#Cc2ccc3[nH]c(=O)c(Cc4ccccc4)cc3c2)cc1. The largest absolute Gasteiger partial charge is 0.322 e. The summed E-state index contributed by atoms with van der Waals surface area (Å²) >= 11 is 0. The van der Waals surface area contributed by atoms with Gasteiger partial charge in [-0.3, -0.25) is 4.79 Å². The second kappa shape index (κ2) is 8.63. The smallest absolute Gasteiger partial charge is 0.251 e. The zero-order valence-corrected chi connectivity index (χ0v) is 17.9. The van der Waals surface area contributed by atoms with E-state index in [1.54, 1.807) is 24.3 Å². The van der Waals surface area contributed by atoms with Crippen LogP contribution >= 0.6 is 0 Å². The number of fused-ring (bicyclic) bond motifs is 1. The van der Waals surface area contributed by atoms with E-state index in [9.17, 15) is 13.2 Å². The quantitative estimate of drug-likeness (QED) is 0.498. The molecule has 0 saturated heterocycles. The highest BCUT2D eigenvalue weighted by Crippen LogP contribution is 2.16. The highest BCUT2D eigenvalue weighted by molar-refractivity contribution is 7.90. The van der Waals surface area contributed by atoms with Crippen molar-refractivity contribution >= 4 is 20.7 Å². The molecule has 1 heterocycles. The molecule has 0 radical (unpaired) electrons. The van der Waals surface area contributed by atoms with Crippen LogP contribution in [0.5, 0.6) is 0 Å². The molecule has 154 valence electrons. The van der Waals surface area contributed by atoms with Gasteiger partial charge in [-0.15, -0.1) is 0 Å². The lowest BCUT2D eigenvalue weighted by molar-refractivity contribution is 0.602. The van der Waals surface area contributed by atoms with E-state index in [2.05, 4.69) is 16.8 Å². The standard InChI is InChI=1S/C26H21NO3S/c1-31(29,30)24-13-10-19(11-14-24)8-5-9-21-12-15-25-22(16-21)18-23(26(28)27-25)17-20-6-3-2-4-7-20/h2-4,6-7,10-16,18H,8,17H2,1H3,(H,27,28). The number of pyridine rings is 1. The van der Waals surface area contributed by atoms with Crippen molar-refractivity contribution in [3.8, 4) is 11.8 Å². The third-order valence-electron chi connectivity index (χ3n) is 5.04. The minimum atomic E-state index is -3.19. The van der Waals surface area contributed by atoms with Crippen LogP contribution in [0, 0.1) is 11.8 Å². The number of nitrogens with one attached hydrogen (secondary N) is 1. The van der Waals surface area contributed by atoms with Crippen LogP contribution in [0.4, 0.5) is 0 Å². The first-order valence-corrected chi connectivity index (χ1v) is 11.8. The number of hydrogen-bond donors (Lipinski definition) is 1. The Morgan fingerprint density at radius 2 is 1.61 bits per heavy atom. The summed E-state index contributed by atoms with van der Waals surface area (Å²) in [5.41, 5.74) is 4.32. The number of H-pyrrole nitrogens is 1. The van der Waals surface area contributed by atoms with Crippen LogP contribution in [0.15, 0.2) is 88.6 Å².